The van der Waals surface area contributed by atoms with Gasteiger partial charge in [0.15, 0.2) is 5.82 Å². The maximum absolute atomic E-state index is 11.1. The van der Waals surface area contributed by atoms with Crippen molar-refractivity contribution < 1.29 is 0 Å². The van der Waals surface area contributed by atoms with Crippen LogP contribution in [0, 0.1) is 5.92 Å². The fraction of sp³-hybridized carbons (Fsp3) is 0.500. The maximum atomic E-state index is 11.1. The van der Waals surface area contributed by atoms with Gasteiger partial charge >= 0.3 is 0 Å². The van der Waals surface area contributed by atoms with E-state index in [-0.39, 0.29) is 5.56 Å². The summed E-state index contributed by atoms with van der Waals surface area (Å²) >= 11 is 5.61. The Hall–Kier alpha value is -1.03. The number of aromatic amines is 1. The summed E-state index contributed by atoms with van der Waals surface area (Å²) in [6, 6.07) is 0. The minimum atomic E-state index is -0.204. The standard InChI is InChI=1S/C8H12ClN3O/c1-6(4-9)5-12-7-8(13)11-3-2-10-7/h2-3,6H,4-5H2,1H3,(H,10,12)(H,11,13). The smallest absolute Gasteiger partial charge is 0.290 e. The van der Waals surface area contributed by atoms with Gasteiger partial charge < -0.3 is 10.3 Å². The van der Waals surface area contributed by atoms with Crippen LogP contribution in [0.25, 0.3) is 0 Å². The third-order valence-corrected chi connectivity index (χ3v) is 2.12. The molecule has 1 rings (SSSR count). The van der Waals surface area contributed by atoms with Gasteiger partial charge in [0, 0.05) is 24.8 Å². The summed E-state index contributed by atoms with van der Waals surface area (Å²) in [7, 11) is 0. The van der Waals surface area contributed by atoms with Crippen molar-refractivity contribution in [3.63, 3.8) is 0 Å². The van der Waals surface area contributed by atoms with E-state index in [0.29, 0.717) is 24.2 Å². The molecule has 2 N–H and O–H groups in total. The minimum absolute atomic E-state index is 0.204. The summed E-state index contributed by atoms with van der Waals surface area (Å²) in [5, 5.41) is 2.92. The Labute approximate surface area is 81.3 Å². The SMILES string of the molecule is CC(CCl)CNc1ncc[nH]c1=O. The average molecular weight is 202 g/mol. The maximum Gasteiger partial charge on any atom is 0.290 e. The molecule has 5 heteroatoms. The van der Waals surface area contributed by atoms with E-state index in [4.69, 9.17) is 11.6 Å². The van der Waals surface area contributed by atoms with Crippen LogP contribution >= 0.6 is 11.6 Å². The number of nitrogens with one attached hydrogen (secondary N) is 2. The third-order valence-electron chi connectivity index (χ3n) is 1.59. The van der Waals surface area contributed by atoms with E-state index in [1.54, 1.807) is 0 Å². The van der Waals surface area contributed by atoms with Gasteiger partial charge in [0.05, 0.1) is 0 Å². The Bertz CT molecular complexity index is 312. The third kappa shape index (κ3) is 3.06. The summed E-state index contributed by atoms with van der Waals surface area (Å²) in [4.78, 5) is 17.5. The van der Waals surface area contributed by atoms with Crippen LogP contribution in [-0.2, 0) is 0 Å². The van der Waals surface area contributed by atoms with Crippen LogP contribution in [0.3, 0.4) is 0 Å². The number of H-pyrrole nitrogens is 1. The fourth-order valence-corrected chi connectivity index (χ4v) is 0.912. The number of anilines is 1. The first-order valence-corrected chi connectivity index (χ1v) is 4.61. The first-order chi connectivity index (χ1) is 6.24. The highest BCUT2D eigenvalue weighted by Crippen LogP contribution is 1.98. The highest BCUT2D eigenvalue weighted by atomic mass is 35.5. The lowest BCUT2D eigenvalue weighted by Crippen LogP contribution is -2.20. The minimum Gasteiger partial charge on any atom is -0.365 e. The zero-order chi connectivity index (χ0) is 9.68. The molecule has 0 amide bonds. The van der Waals surface area contributed by atoms with Crippen molar-refractivity contribution in [1.29, 1.82) is 0 Å². The predicted molar refractivity (Wildman–Crippen MR) is 53.2 cm³/mol. The molecular formula is C8H12ClN3O. The Morgan fingerprint density at radius 2 is 2.54 bits per heavy atom. The summed E-state index contributed by atoms with van der Waals surface area (Å²) in [5.74, 6) is 1.24. The van der Waals surface area contributed by atoms with Crippen molar-refractivity contribution in [2.45, 2.75) is 6.92 Å². The van der Waals surface area contributed by atoms with E-state index in [2.05, 4.69) is 15.3 Å². The van der Waals surface area contributed by atoms with E-state index in [1.807, 2.05) is 6.92 Å². The molecule has 0 aliphatic carbocycles. The lowest BCUT2D eigenvalue weighted by atomic mass is 10.2. The monoisotopic (exact) mass is 201 g/mol. The Kier molecular flexibility index (Phi) is 3.76. The number of halogens is 1. The van der Waals surface area contributed by atoms with Gasteiger partial charge in [-0.25, -0.2) is 4.98 Å². The van der Waals surface area contributed by atoms with Crippen molar-refractivity contribution in [3.05, 3.63) is 22.7 Å². The number of aromatic nitrogens is 2. The van der Waals surface area contributed by atoms with Gasteiger partial charge in [-0.2, -0.15) is 0 Å². The summed E-state index contributed by atoms with van der Waals surface area (Å²) in [6.45, 7) is 2.65. The van der Waals surface area contributed by atoms with Crippen LogP contribution in [0.15, 0.2) is 17.2 Å². The molecule has 0 radical (unpaired) electrons. The number of nitrogens with zero attached hydrogens (tertiary/aromatic N) is 1. The normalized spacial score (nSPS) is 12.5. The zero-order valence-corrected chi connectivity index (χ0v) is 8.14. The molecule has 1 aromatic rings. The van der Waals surface area contributed by atoms with E-state index < -0.39 is 0 Å². The lowest BCUT2D eigenvalue weighted by molar-refractivity contribution is 0.693. The van der Waals surface area contributed by atoms with Gasteiger partial charge in [-0.15, -0.1) is 11.6 Å². The summed E-state index contributed by atoms with van der Waals surface area (Å²) in [6.07, 6.45) is 3.04. The molecule has 1 aromatic heterocycles. The second-order valence-electron chi connectivity index (χ2n) is 2.91. The molecule has 0 bridgehead atoms. The van der Waals surface area contributed by atoms with Crippen molar-refractivity contribution in [2.24, 2.45) is 5.92 Å². The highest BCUT2D eigenvalue weighted by molar-refractivity contribution is 6.18. The fourth-order valence-electron chi connectivity index (χ4n) is 0.803. The van der Waals surface area contributed by atoms with Crippen LogP contribution in [0.5, 0.6) is 0 Å². The second-order valence-corrected chi connectivity index (χ2v) is 3.22. The molecule has 1 heterocycles. The molecular weight excluding hydrogens is 190 g/mol. The predicted octanol–water partition coefficient (Wildman–Crippen LogP) is 1.06. The Morgan fingerprint density at radius 1 is 1.77 bits per heavy atom. The van der Waals surface area contributed by atoms with Crippen LogP contribution in [0.2, 0.25) is 0 Å². The largest absolute Gasteiger partial charge is 0.365 e. The second kappa shape index (κ2) is 4.87. The number of rotatable bonds is 4. The first kappa shape index (κ1) is 10.1. The molecule has 0 aliphatic heterocycles. The Balaban J connectivity index is 2.55. The molecule has 0 saturated heterocycles. The molecule has 72 valence electrons. The molecule has 0 aliphatic rings. The van der Waals surface area contributed by atoms with E-state index in [0.717, 1.165) is 0 Å². The van der Waals surface area contributed by atoms with Gasteiger partial charge in [-0.3, -0.25) is 4.79 Å². The van der Waals surface area contributed by atoms with Crippen molar-refractivity contribution >= 4 is 17.4 Å². The van der Waals surface area contributed by atoms with Crippen molar-refractivity contribution in [1.82, 2.24) is 9.97 Å². The van der Waals surface area contributed by atoms with Gasteiger partial charge in [0.25, 0.3) is 5.56 Å². The molecule has 13 heavy (non-hydrogen) atoms. The van der Waals surface area contributed by atoms with Gasteiger partial charge in [-0.1, -0.05) is 6.92 Å². The number of hydrogen-bond donors (Lipinski definition) is 2. The van der Waals surface area contributed by atoms with Crippen molar-refractivity contribution in [2.75, 3.05) is 17.7 Å². The van der Waals surface area contributed by atoms with E-state index in [1.165, 1.54) is 12.4 Å². The van der Waals surface area contributed by atoms with E-state index >= 15 is 0 Å². The molecule has 0 aromatic carbocycles. The molecule has 0 fully saturated rings. The average Bonchev–Trinajstić information content (AvgIpc) is 2.16. The first-order valence-electron chi connectivity index (χ1n) is 4.07. The lowest BCUT2D eigenvalue weighted by Gasteiger charge is -2.08. The highest BCUT2D eigenvalue weighted by Gasteiger charge is 2.02. The molecule has 1 unspecified atom stereocenters. The molecule has 4 nitrogen and oxygen atoms in total. The van der Waals surface area contributed by atoms with Crippen LogP contribution in [0.4, 0.5) is 5.82 Å². The quantitative estimate of drug-likeness (QED) is 0.717. The van der Waals surface area contributed by atoms with Gasteiger partial charge in [-0.05, 0) is 5.92 Å². The van der Waals surface area contributed by atoms with Crippen LogP contribution in [-0.4, -0.2) is 22.4 Å². The van der Waals surface area contributed by atoms with Crippen molar-refractivity contribution in [3.8, 4) is 0 Å². The number of hydrogen-bond acceptors (Lipinski definition) is 3. The number of alkyl halides is 1. The van der Waals surface area contributed by atoms with Gasteiger partial charge in [0.1, 0.15) is 0 Å². The van der Waals surface area contributed by atoms with Crippen LogP contribution < -0.4 is 10.9 Å². The Morgan fingerprint density at radius 3 is 3.15 bits per heavy atom. The zero-order valence-electron chi connectivity index (χ0n) is 7.38. The van der Waals surface area contributed by atoms with E-state index in [9.17, 15) is 4.79 Å². The topological polar surface area (TPSA) is 57.8 Å². The molecule has 0 saturated carbocycles. The van der Waals surface area contributed by atoms with Gasteiger partial charge in [0.2, 0.25) is 0 Å². The van der Waals surface area contributed by atoms with Crippen LogP contribution in [0.1, 0.15) is 6.92 Å². The summed E-state index contributed by atoms with van der Waals surface area (Å²) in [5.41, 5.74) is -0.204. The summed E-state index contributed by atoms with van der Waals surface area (Å²) < 4.78 is 0. The molecule has 0 spiro atoms. The molecule has 1 atom stereocenters.